The van der Waals surface area contributed by atoms with Crippen molar-refractivity contribution < 1.29 is 43.3 Å². The van der Waals surface area contributed by atoms with E-state index in [1.54, 1.807) is 29.5 Å². The van der Waals surface area contributed by atoms with Crippen LogP contribution in [0.5, 0.6) is 5.75 Å². The predicted octanol–water partition coefficient (Wildman–Crippen LogP) is 7.25. The Kier molecular flexibility index (Phi) is 23.1. The van der Waals surface area contributed by atoms with Crippen LogP contribution in [0.1, 0.15) is 126 Å². The molecule has 2 heterocycles. The van der Waals surface area contributed by atoms with Gasteiger partial charge >= 0.3 is 5.97 Å². The number of piperidine rings is 1. The predicted molar refractivity (Wildman–Crippen MR) is 242 cm³/mol. The van der Waals surface area contributed by atoms with Gasteiger partial charge in [0.1, 0.15) is 16.5 Å². The standard InChI is InChI=1S/C45H70N8O9S/c1-9-13-33(24-32-15-16-39(55)35(25-32)49-42(57)17-20-60-22-23-61-21-18-47-51-46)48-43(58)36-28-63-44(50-36)41(62-31(6)54)27-38(29(3)4)53(8)45(59)34(30(5)10-2)26-40(56)37-14-11-12-19-52(37)7/h15-16,25,28-30,33-34,37-38,41,55H,9-14,17-24,26-27H2,1-8H3,(H,48,58)(H,49,57)/t30-,33+,34-,37+,38+,41+/m0/s1. The Balaban J connectivity index is 1.68. The summed E-state index contributed by atoms with van der Waals surface area (Å²) in [4.78, 5) is 77.8. The molecule has 0 aliphatic carbocycles. The third kappa shape index (κ3) is 17.5. The molecule has 3 rings (SSSR count). The number of hydrogen-bond donors (Lipinski definition) is 3. The normalized spacial score (nSPS) is 16.6. The lowest BCUT2D eigenvalue weighted by Gasteiger charge is -2.37. The summed E-state index contributed by atoms with van der Waals surface area (Å²) in [6, 6.07) is 4.07. The molecular weight excluding hydrogens is 829 g/mol. The average Bonchev–Trinajstić information content (AvgIpc) is 3.75. The highest BCUT2D eigenvalue weighted by molar-refractivity contribution is 7.09. The molecule has 17 nitrogen and oxygen atoms in total. The van der Waals surface area contributed by atoms with E-state index in [0.29, 0.717) is 24.5 Å². The minimum atomic E-state index is -0.824. The summed E-state index contributed by atoms with van der Waals surface area (Å²) >= 11 is 1.21. The zero-order valence-corrected chi connectivity index (χ0v) is 39.3. The van der Waals surface area contributed by atoms with Crippen molar-refractivity contribution in [3.63, 3.8) is 0 Å². The number of hydrogen-bond acceptors (Lipinski definition) is 13. The molecule has 1 aliphatic rings. The van der Waals surface area contributed by atoms with Gasteiger partial charge in [0.2, 0.25) is 11.8 Å². The molecule has 63 heavy (non-hydrogen) atoms. The van der Waals surface area contributed by atoms with Gasteiger partial charge in [0.25, 0.3) is 5.91 Å². The van der Waals surface area contributed by atoms with Crippen molar-refractivity contribution in [3.8, 4) is 5.75 Å². The monoisotopic (exact) mass is 898 g/mol. The molecule has 2 aromatic rings. The van der Waals surface area contributed by atoms with Crippen LogP contribution in [0.2, 0.25) is 0 Å². The first kappa shape index (κ1) is 52.7. The van der Waals surface area contributed by atoms with Gasteiger partial charge in [0, 0.05) is 61.7 Å². The van der Waals surface area contributed by atoms with E-state index in [4.69, 9.17) is 19.7 Å². The maximum Gasteiger partial charge on any atom is 0.303 e. The molecule has 0 radical (unpaired) electrons. The molecule has 1 saturated heterocycles. The Labute approximate surface area is 376 Å². The van der Waals surface area contributed by atoms with Crippen LogP contribution in [0.15, 0.2) is 28.7 Å². The highest BCUT2D eigenvalue weighted by Gasteiger charge is 2.37. The zero-order valence-electron chi connectivity index (χ0n) is 38.5. The van der Waals surface area contributed by atoms with Crippen molar-refractivity contribution >= 4 is 46.5 Å². The number of phenols is 1. The van der Waals surface area contributed by atoms with Crippen molar-refractivity contribution in [1.82, 2.24) is 20.1 Å². The second-order valence-corrected chi connectivity index (χ2v) is 17.7. The minimum absolute atomic E-state index is 0.0131. The Morgan fingerprint density at radius 3 is 2.48 bits per heavy atom. The summed E-state index contributed by atoms with van der Waals surface area (Å²) < 4.78 is 16.5. The molecule has 0 unspecified atom stereocenters. The van der Waals surface area contributed by atoms with Gasteiger partial charge in [-0.15, -0.1) is 11.3 Å². The van der Waals surface area contributed by atoms with Crippen LogP contribution in [-0.4, -0.2) is 121 Å². The number of nitrogens with one attached hydrogen (secondary N) is 2. The number of phenolic OH excluding ortho intramolecular Hbond substituents is 1. The van der Waals surface area contributed by atoms with Gasteiger partial charge in [-0.1, -0.05) is 65.1 Å². The lowest BCUT2D eigenvalue weighted by Crippen LogP contribution is -2.48. The van der Waals surface area contributed by atoms with E-state index in [9.17, 15) is 29.1 Å². The molecule has 0 spiro atoms. The van der Waals surface area contributed by atoms with Crippen molar-refractivity contribution in [3.05, 3.63) is 50.3 Å². The van der Waals surface area contributed by atoms with Crippen LogP contribution in [0.3, 0.4) is 0 Å². The molecule has 1 aromatic heterocycles. The number of Topliss-reactive ketones (excluding diaryl/α,β-unsaturated/α-hetero) is 1. The van der Waals surface area contributed by atoms with E-state index in [1.807, 2.05) is 41.7 Å². The molecule has 1 aromatic carbocycles. The first-order valence-corrected chi connectivity index (χ1v) is 23.2. The second kappa shape index (κ2) is 27.5. The summed E-state index contributed by atoms with van der Waals surface area (Å²) in [5, 5.41) is 21.8. The number of ether oxygens (including phenoxy) is 3. The van der Waals surface area contributed by atoms with Crippen molar-refractivity contribution in [2.75, 3.05) is 58.9 Å². The fourth-order valence-corrected chi connectivity index (χ4v) is 8.73. The van der Waals surface area contributed by atoms with Crippen LogP contribution in [0.25, 0.3) is 10.4 Å². The van der Waals surface area contributed by atoms with Gasteiger partial charge < -0.3 is 34.9 Å². The van der Waals surface area contributed by atoms with E-state index in [2.05, 4.69) is 30.5 Å². The van der Waals surface area contributed by atoms with Gasteiger partial charge in [-0.25, -0.2) is 4.98 Å². The number of likely N-dealkylation sites (N-methyl/N-ethyl adjacent to an activating group) is 1. The van der Waals surface area contributed by atoms with Gasteiger partial charge in [-0.3, -0.25) is 28.9 Å². The SMILES string of the molecule is CCC[C@H](Cc1ccc(O)c(NC(=O)CCOCCOCCN=[N+]=[N-])c1)NC(=O)c1csc([C@@H](C[C@H](C(C)C)N(C)C(=O)[C@@H](CC(=O)[C@H]2CCCCN2C)[C@@H](C)CC)OC(C)=O)n1. The number of likely N-dealkylation sites (tertiary alicyclic amines) is 1. The van der Waals surface area contributed by atoms with Gasteiger partial charge in [-0.05, 0) is 74.3 Å². The number of nitrogens with zero attached hydrogens (tertiary/aromatic N) is 6. The molecule has 1 fully saturated rings. The summed E-state index contributed by atoms with van der Waals surface area (Å²) in [6.45, 7) is 13.5. The topological polar surface area (TPSA) is 225 Å². The Bertz CT molecular complexity index is 1840. The number of aromatic hydroxyl groups is 1. The van der Waals surface area contributed by atoms with Crippen LogP contribution in [0, 0.1) is 17.8 Å². The number of aromatic nitrogens is 1. The Morgan fingerprint density at radius 1 is 1.10 bits per heavy atom. The fourth-order valence-electron chi connectivity index (χ4n) is 7.89. The number of esters is 1. The molecular formula is C45H70N8O9S. The maximum atomic E-state index is 14.3. The Morgan fingerprint density at radius 2 is 1.83 bits per heavy atom. The number of rotatable bonds is 28. The van der Waals surface area contributed by atoms with Gasteiger partial charge in [0.15, 0.2) is 11.9 Å². The molecule has 0 saturated carbocycles. The highest BCUT2D eigenvalue weighted by atomic mass is 32.1. The smallest absolute Gasteiger partial charge is 0.303 e. The van der Waals surface area contributed by atoms with Crippen molar-refractivity contribution in [1.29, 1.82) is 0 Å². The highest BCUT2D eigenvalue weighted by Crippen LogP contribution is 2.33. The lowest BCUT2D eigenvalue weighted by atomic mass is 9.83. The molecule has 6 atom stereocenters. The van der Waals surface area contributed by atoms with E-state index in [-0.39, 0.29) is 110 Å². The number of thiazole rings is 1. The first-order chi connectivity index (χ1) is 30.1. The summed E-state index contributed by atoms with van der Waals surface area (Å²) in [6.07, 6.45) is 5.10. The van der Waals surface area contributed by atoms with Crippen molar-refractivity contribution in [2.45, 2.75) is 130 Å². The molecule has 3 N–H and O–H groups in total. The number of ketones is 1. The number of carbonyl (C=O) groups excluding carboxylic acids is 5. The third-order valence-electron chi connectivity index (χ3n) is 11.7. The second-order valence-electron chi connectivity index (χ2n) is 16.8. The van der Waals surface area contributed by atoms with E-state index < -0.39 is 23.9 Å². The van der Waals surface area contributed by atoms with Crippen LogP contribution < -0.4 is 10.6 Å². The molecule has 0 bridgehead atoms. The number of benzene rings is 1. The van der Waals surface area contributed by atoms with Gasteiger partial charge in [-0.2, -0.15) is 0 Å². The number of anilines is 1. The van der Waals surface area contributed by atoms with E-state index in [0.717, 1.165) is 44.2 Å². The van der Waals surface area contributed by atoms with E-state index >= 15 is 0 Å². The summed E-state index contributed by atoms with van der Waals surface area (Å²) in [5.41, 5.74) is 9.48. The van der Waals surface area contributed by atoms with Crippen molar-refractivity contribution in [2.24, 2.45) is 22.9 Å². The summed E-state index contributed by atoms with van der Waals surface area (Å²) in [7, 11) is 3.74. The largest absolute Gasteiger partial charge is 0.506 e. The van der Waals surface area contributed by atoms with Crippen LogP contribution in [-0.2, 0) is 39.8 Å². The molecule has 350 valence electrons. The third-order valence-corrected chi connectivity index (χ3v) is 12.6. The Hall–Kier alpha value is -4.61. The molecule has 3 amide bonds. The number of carbonyl (C=O) groups is 5. The summed E-state index contributed by atoms with van der Waals surface area (Å²) in [5.74, 6) is -1.89. The maximum absolute atomic E-state index is 14.3. The number of amides is 3. The zero-order chi connectivity index (χ0) is 46.5. The van der Waals surface area contributed by atoms with Crippen LogP contribution in [0.4, 0.5) is 5.69 Å². The number of azide groups is 1. The lowest BCUT2D eigenvalue weighted by molar-refractivity contribution is -0.149. The quantitative estimate of drug-likeness (QED) is 0.0193. The van der Waals surface area contributed by atoms with E-state index in [1.165, 1.54) is 24.3 Å². The first-order valence-electron chi connectivity index (χ1n) is 22.3. The molecule has 1 aliphatic heterocycles. The minimum Gasteiger partial charge on any atom is -0.506 e. The fraction of sp³-hybridized carbons (Fsp3) is 0.689. The van der Waals surface area contributed by atoms with Gasteiger partial charge in [0.05, 0.1) is 44.6 Å². The molecule has 18 heteroatoms. The van der Waals surface area contributed by atoms with Crippen LogP contribution >= 0.6 is 11.3 Å². The average molecular weight is 899 g/mol.